The Hall–Kier alpha value is -1.79. The van der Waals surface area contributed by atoms with Gasteiger partial charge < -0.3 is 20.1 Å². The van der Waals surface area contributed by atoms with E-state index in [0.29, 0.717) is 13.0 Å². The lowest BCUT2D eigenvalue weighted by atomic mass is 9.77. The van der Waals surface area contributed by atoms with Crippen LogP contribution in [0.1, 0.15) is 27.2 Å². The number of carbonyl (C=O) groups is 3. The van der Waals surface area contributed by atoms with Crippen LogP contribution in [0.4, 0.5) is 4.79 Å². The van der Waals surface area contributed by atoms with Gasteiger partial charge in [0.05, 0.1) is 11.3 Å². The van der Waals surface area contributed by atoms with Gasteiger partial charge in [0.2, 0.25) is 5.91 Å². The van der Waals surface area contributed by atoms with Crippen LogP contribution in [-0.4, -0.2) is 53.2 Å². The maximum absolute atomic E-state index is 12.0. The molecule has 2 aliphatic heterocycles. The molecule has 2 amide bonds. The molecule has 2 heterocycles. The standard InChI is InChI=1S/C13H20N2O5/c1-12(2,3)20-11(19)15-5-4-13(7-15)8(9(16)17)6-14-10(13)18/h8H,4-7H2,1-3H3,(H,14,18)(H,16,17)/t8-,13-/m0/s1. The van der Waals surface area contributed by atoms with Crippen LogP contribution in [0.3, 0.4) is 0 Å². The minimum absolute atomic E-state index is 0.102. The molecule has 0 saturated carbocycles. The largest absolute Gasteiger partial charge is 0.481 e. The Morgan fingerprint density at radius 1 is 1.45 bits per heavy atom. The quantitative estimate of drug-likeness (QED) is 0.728. The Balaban J connectivity index is 2.12. The van der Waals surface area contributed by atoms with Gasteiger partial charge in [0.1, 0.15) is 5.60 Å². The van der Waals surface area contributed by atoms with Crippen molar-refractivity contribution in [2.75, 3.05) is 19.6 Å². The van der Waals surface area contributed by atoms with Gasteiger partial charge in [-0.1, -0.05) is 0 Å². The first-order valence-corrected chi connectivity index (χ1v) is 6.65. The summed E-state index contributed by atoms with van der Waals surface area (Å²) in [5.74, 6) is -2.08. The lowest BCUT2D eigenvalue weighted by Gasteiger charge is -2.27. The van der Waals surface area contributed by atoms with Crippen LogP contribution in [0.15, 0.2) is 0 Å². The fourth-order valence-corrected chi connectivity index (χ4v) is 2.83. The van der Waals surface area contributed by atoms with Gasteiger partial charge in [0, 0.05) is 19.6 Å². The van der Waals surface area contributed by atoms with E-state index in [2.05, 4.69) is 5.32 Å². The number of rotatable bonds is 1. The Morgan fingerprint density at radius 3 is 2.65 bits per heavy atom. The molecule has 20 heavy (non-hydrogen) atoms. The maximum atomic E-state index is 12.0. The number of likely N-dealkylation sites (tertiary alicyclic amines) is 1. The average molecular weight is 284 g/mol. The molecule has 2 aliphatic rings. The molecule has 0 aliphatic carbocycles. The first-order valence-electron chi connectivity index (χ1n) is 6.65. The van der Waals surface area contributed by atoms with Gasteiger partial charge in [-0.2, -0.15) is 0 Å². The van der Waals surface area contributed by atoms with Gasteiger partial charge >= 0.3 is 12.1 Å². The predicted octanol–water partition coefficient (Wildman–Crippen LogP) is 0.444. The summed E-state index contributed by atoms with van der Waals surface area (Å²) < 4.78 is 5.26. The van der Waals surface area contributed by atoms with E-state index < -0.39 is 29.0 Å². The second-order valence-electron chi connectivity index (χ2n) is 6.41. The van der Waals surface area contributed by atoms with Crippen LogP contribution >= 0.6 is 0 Å². The molecule has 0 radical (unpaired) electrons. The van der Waals surface area contributed by atoms with Crippen LogP contribution < -0.4 is 5.32 Å². The van der Waals surface area contributed by atoms with Gasteiger partial charge in [-0.3, -0.25) is 9.59 Å². The first kappa shape index (κ1) is 14.6. The molecule has 2 saturated heterocycles. The average Bonchev–Trinajstić information content (AvgIpc) is 2.84. The summed E-state index contributed by atoms with van der Waals surface area (Å²) in [6, 6.07) is 0. The van der Waals surface area contributed by atoms with Gasteiger partial charge in [-0.25, -0.2) is 4.79 Å². The number of carbonyl (C=O) groups excluding carboxylic acids is 2. The molecule has 2 atom stereocenters. The number of carboxylic acids is 1. The van der Waals surface area contributed by atoms with E-state index in [1.54, 1.807) is 20.8 Å². The van der Waals surface area contributed by atoms with E-state index in [1.165, 1.54) is 4.90 Å². The van der Waals surface area contributed by atoms with E-state index >= 15 is 0 Å². The van der Waals surface area contributed by atoms with Crippen molar-refractivity contribution in [3.8, 4) is 0 Å². The summed E-state index contributed by atoms with van der Waals surface area (Å²) in [4.78, 5) is 36.7. The van der Waals surface area contributed by atoms with Gasteiger partial charge in [-0.05, 0) is 27.2 Å². The lowest BCUT2D eigenvalue weighted by molar-refractivity contribution is -0.147. The third-order valence-corrected chi connectivity index (χ3v) is 3.84. The lowest BCUT2D eigenvalue weighted by Crippen LogP contribution is -2.43. The van der Waals surface area contributed by atoms with Crippen molar-refractivity contribution in [2.45, 2.75) is 32.8 Å². The predicted molar refractivity (Wildman–Crippen MR) is 69.0 cm³/mol. The summed E-state index contributed by atoms with van der Waals surface area (Å²) in [5.41, 5.74) is -1.63. The second kappa shape index (κ2) is 4.64. The van der Waals surface area contributed by atoms with Crippen LogP contribution in [0, 0.1) is 11.3 Å². The zero-order valence-electron chi connectivity index (χ0n) is 11.9. The fourth-order valence-electron chi connectivity index (χ4n) is 2.83. The van der Waals surface area contributed by atoms with E-state index in [0.717, 1.165) is 0 Å². The van der Waals surface area contributed by atoms with Crippen LogP contribution in [0.25, 0.3) is 0 Å². The monoisotopic (exact) mass is 284 g/mol. The topological polar surface area (TPSA) is 95.9 Å². The van der Waals surface area contributed by atoms with Crippen molar-refractivity contribution in [1.82, 2.24) is 10.2 Å². The molecule has 2 rings (SSSR count). The van der Waals surface area contributed by atoms with Crippen molar-refractivity contribution < 1.29 is 24.2 Å². The van der Waals surface area contributed by atoms with E-state index in [4.69, 9.17) is 4.74 Å². The number of hydrogen-bond donors (Lipinski definition) is 2. The molecule has 2 fully saturated rings. The Bertz CT molecular complexity index is 456. The summed E-state index contributed by atoms with van der Waals surface area (Å²) in [6.45, 7) is 5.85. The van der Waals surface area contributed by atoms with Crippen LogP contribution in [-0.2, 0) is 14.3 Å². The summed E-state index contributed by atoms with van der Waals surface area (Å²) >= 11 is 0. The smallest absolute Gasteiger partial charge is 0.410 e. The molecular formula is C13H20N2O5. The van der Waals surface area contributed by atoms with Gasteiger partial charge in [0.25, 0.3) is 0 Å². The number of nitrogens with zero attached hydrogens (tertiary/aromatic N) is 1. The number of aliphatic carboxylic acids is 1. The summed E-state index contributed by atoms with van der Waals surface area (Å²) in [5, 5.41) is 11.8. The number of carboxylic acid groups (broad SMARTS) is 1. The van der Waals surface area contributed by atoms with Crippen LogP contribution in [0.2, 0.25) is 0 Å². The molecule has 7 nitrogen and oxygen atoms in total. The third-order valence-electron chi connectivity index (χ3n) is 3.84. The third kappa shape index (κ3) is 2.44. The molecule has 112 valence electrons. The highest BCUT2D eigenvalue weighted by Crippen LogP contribution is 2.42. The molecule has 2 N–H and O–H groups in total. The molecule has 1 spiro atoms. The van der Waals surface area contributed by atoms with Crippen LogP contribution in [0.5, 0.6) is 0 Å². The van der Waals surface area contributed by atoms with E-state index in [-0.39, 0.29) is 19.0 Å². The molecule has 0 aromatic carbocycles. The Morgan fingerprint density at radius 2 is 2.10 bits per heavy atom. The normalized spacial score (nSPS) is 29.6. The number of nitrogens with one attached hydrogen (secondary N) is 1. The highest BCUT2D eigenvalue weighted by atomic mass is 16.6. The molecule has 0 bridgehead atoms. The fraction of sp³-hybridized carbons (Fsp3) is 0.769. The summed E-state index contributed by atoms with van der Waals surface area (Å²) in [7, 11) is 0. The van der Waals surface area contributed by atoms with Gasteiger partial charge in [-0.15, -0.1) is 0 Å². The minimum Gasteiger partial charge on any atom is -0.481 e. The Kier molecular flexibility index (Phi) is 3.39. The highest BCUT2D eigenvalue weighted by molar-refractivity contribution is 5.93. The molecule has 0 aromatic heterocycles. The molecular weight excluding hydrogens is 264 g/mol. The minimum atomic E-state index is -1.01. The number of hydrogen-bond acceptors (Lipinski definition) is 4. The zero-order chi connectivity index (χ0) is 15.1. The number of ether oxygens (including phenoxy) is 1. The van der Waals surface area contributed by atoms with Crippen molar-refractivity contribution in [3.05, 3.63) is 0 Å². The van der Waals surface area contributed by atoms with E-state index in [1.807, 2.05) is 0 Å². The van der Waals surface area contributed by atoms with Crippen molar-refractivity contribution >= 4 is 18.0 Å². The molecule has 7 heteroatoms. The van der Waals surface area contributed by atoms with Crippen molar-refractivity contribution in [3.63, 3.8) is 0 Å². The first-order chi connectivity index (χ1) is 9.16. The SMILES string of the molecule is CC(C)(C)OC(=O)N1CC[C@@]2(C1)C(=O)NC[C@H]2C(=O)O. The highest BCUT2D eigenvalue weighted by Gasteiger charge is 2.58. The molecule has 0 aromatic rings. The zero-order valence-corrected chi connectivity index (χ0v) is 11.9. The second-order valence-corrected chi connectivity index (χ2v) is 6.41. The van der Waals surface area contributed by atoms with Crippen molar-refractivity contribution in [1.29, 1.82) is 0 Å². The summed E-state index contributed by atoms with van der Waals surface area (Å²) in [6.07, 6.45) is -0.145. The number of amides is 2. The Labute approximate surface area is 117 Å². The van der Waals surface area contributed by atoms with Crippen molar-refractivity contribution in [2.24, 2.45) is 11.3 Å². The maximum Gasteiger partial charge on any atom is 0.410 e. The molecule has 0 unspecified atom stereocenters. The van der Waals surface area contributed by atoms with Gasteiger partial charge in [0.15, 0.2) is 0 Å². The van der Waals surface area contributed by atoms with E-state index in [9.17, 15) is 19.5 Å².